The molecule has 5 nitrogen and oxygen atoms in total. The normalized spacial score (nSPS) is 14.9. The molecule has 0 N–H and O–H groups in total. The van der Waals surface area contributed by atoms with Crippen LogP contribution in [0.3, 0.4) is 0 Å². The zero-order chi connectivity index (χ0) is 20.4. The maximum Gasteiger partial charge on any atom is 0.433 e. The number of nitrogens with zero attached hydrogens (tertiary/aromatic N) is 4. The molecule has 1 aliphatic rings. The van der Waals surface area contributed by atoms with E-state index in [9.17, 15) is 13.2 Å². The maximum atomic E-state index is 13.4. The van der Waals surface area contributed by atoms with Crippen LogP contribution < -0.4 is 14.5 Å². The summed E-state index contributed by atoms with van der Waals surface area (Å²) in [5.74, 6) is 0.888. The van der Waals surface area contributed by atoms with E-state index < -0.39 is 11.9 Å². The van der Waals surface area contributed by atoms with E-state index in [4.69, 9.17) is 4.74 Å². The predicted octanol–water partition coefficient (Wildman–Crippen LogP) is 4.56. The van der Waals surface area contributed by atoms with Crippen molar-refractivity contribution in [1.82, 2.24) is 9.97 Å². The first-order chi connectivity index (χ1) is 14.0. The van der Waals surface area contributed by atoms with Crippen molar-refractivity contribution in [2.75, 3.05) is 43.1 Å². The molecule has 152 valence electrons. The SMILES string of the molecule is COc1ccccc1N1CCN(c2nc(-c3cccs3)cc(C(F)(F)F)n2)CC1. The van der Waals surface area contributed by atoms with Gasteiger partial charge in [0, 0.05) is 26.2 Å². The molecule has 2 aromatic heterocycles. The van der Waals surface area contributed by atoms with Crippen molar-refractivity contribution in [3.05, 3.63) is 53.5 Å². The number of alkyl halides is 3. The summed E-state index contributed by atoms with van der Waals surface area (Å²) in [7, 11) is 1.62. The van der Waals surface area contributed by atoms with Crippen molar-refractivity contribution in [1.29, 1.82) is 0 Å². The van der Waals surface area contributed by atoms with Gasteiger partial charge in [0.2, 0.25) is 5.95 Å². The molecule has 1 aliphatic heterocycles. The molecule has 0 amide bonds. The summed E-state index contributed by atoms with van der Waals surface area (Å²) >= 11 is 1.35. The number of piperazine rings is 1. The topological polar surface area (TPSA) is 41.5 Å². The molecule has 0 unspecified atom stereocenters. The van der Waals surface area contributed by atoms with Crippen LogP contribution in [0.5, 0.6) is 5.75 Å². The fourth-order valence-electron chi connectivity index (χ4n) is 3.31. The lowest BCUT2D eigenvalue weighted by molar-refractivity contribution is -0.141. The fraction of sp³-hybridized carbons (Fsp3) is 0.300. The Morgan fingerprint density at radius 3 is 2.34 bits per heavy atom. The molecule has 0 radical (unpaired) electrons. The Hall–Kier alpha value is -2.81. The van der Waals surface area contributed by atoms with Gasteiger partial charge in [0.1, 0.15) is 5.75 Å². The highest BCUT2D eigenvalue weighted by atomic mass is 32.1. The van der Waals surface area contributed by atoms with Gasteiger partial charge in [0.25, 0.3) is 0 Å². The molecule has 0 aliphatic carbocycles. The lowest BCUT2D eigenvalue weighted by Crippen LogP contribution is -2.47. The third-order valence-electron chi connectivity index (χ3n) is 4.77. The Kier molecular flexibility index (Phi) is 5.31. The van der Waals surface area contributed by atoms with Crippen LogP contribution in [0.1, 0.15) is 5.69 Å². The van der Waals surface area contributed by atoms with Crippen molar-refractivity contribution in [2.45, 2.75) is 6.18 Å². The van der Waals surface area contributed by atoms with E-state index in [1.807, 2.05) is 29.6 Å². The Morgan fingerprint density at radius 1 is 0.966 bits per heavy atom. The molecule has 0 atom stereocenters. The fourth-order valence-corrected chi connectivity index (χ4v) is 4.00. The second-order valence-corrected chi connectivity index (χ2v) is 7.51. The molecule has 0 bridgehead atoms. The van der Waals surface area contributed by atoms with Crippen LogP contribution in [0.4, 0.5) is 24.8 Å². The Morgan fingerprint density at radius 2 is 1.69 bits per heavy atom. The van der Waals surface area contributed by atoms with Gasteiger partial charge in [-0.25, -0.2) is 9.97 Å². The monoisotopic (exact) mass is 420 g/mol. The summed E-state index contributed by atoms with van der Waals surface area (Å²) in [4.78, 5) is 12.9. The summed E-state index contributed by atoms with van der Waals surface area (Å²) in [6, 6.07) is 12.3. The van der Waals surface area contributed by atoms with Crippen LogP contribution in [0.15, 0.2) is 47.8 Å². The van der Waals surface area contributed by atoms with Gasteiger partial charge >= 0.3 is 6.18 Å². The highest BCUT2D eigenvalue weighted by molar-refractivity contribution is 7.13. The van der Waals surface area contributed by atoms with Gasteiger partial charge in [-0.15, -0.1) is 11.3 Å². The summed E-state index contributed by atoms with van der Waals surface area (Å²) < 4.78 is 45.6. The minimum atomic E-state index is -4.52. The van der Waals surface area contributed by atoms with E-state index in [2.05, 4.69) is 14.9 Å². The lowest BCUT2D eigenvalue weighted by Gasteiger charge is -2.36. The van der Waals surface area contributed by atoms with Crippen LogP contribution in [-0.2, 0) is 6.18 Å². The minimum absolute atomic E-state index is 0.114. The van der Waals surface area contributed by atoms with Crippen molar-refractivity contribution >= 4 is 23.0 Å². The van der Waals surface area contributed by atoms with Crippen LogP contribution in [0.25, 0.3) is 10.6 Å². The highest BCUT2D eigenvalue weighted by Crippen LogP contribution is 2.34. The molecule has 9 heteroatoms. The Bertz CT molecular complexity index is 970. The predicted molar refractivity (Wildman–Crippen MR) is 108 cm³/mol. The van der Waals surface area contributed by atoms with E-state index in [0.717, 1.165) is 17.5 Å². The molecule has 1 saturated heterocycles. The number of para-hydroxylation sites is 2. The van der Waals surface area contributed by atoms with E-state index in [1.165, 1.54) is 11.3 Å². The molecule has 29 heavy (non-hydrogen) atoms. The zero-order valence-electron chi connectivity index (χ0n) is 15.7. The quantitative estimate of drug-likeness (QED) is 0.619. The number of halogens is 3. The largest absolute Gasteiger partial charge is 0.495 e. The standard InChI is InChI=1S/C20H19F3N4OS/c1-28-16-6-3-2-5-15(16)26-8-10-27(11-9-26)19-24-14(17-7-4-12-29-17)13-18(25-19)20(21,22)23/h2-7,12-13H,8-11H2,1H3. The van der Waals surface area contributed by atoms with Crippen molar-refractivity contribution in [3.8, 4) is 16.3 Å². The number of ether oxygens (including phenoxy) is 1. The number of benzene rings is 1. The summed E-state index contributed by atoms with van der Waals surface area (Å²) in [6.07, 6.45) is -4.52. The van der Waals surface area contributed by atoms with Gasteiger partial charge < -0.3 is 14.5 Å². The minimum Gasteiger partial charge on any atom is -0.495 e. The number of hydrogen-bond acceptors (Lipinski definition) is 6. The molecule has 0 spiro atoms. The van der Waals surface area contributed by atoms with Crippen LogP contribution in [-0.4, -0.2) is 43.3 Å². The van der Waals surface area contributed by atoms with Gasteiger partial charge in [0.15, 0.2) is 5.69 Å². The molecular formula is C20H19F3N4OS. The average molecular weight is 420 g/mol. The van der Waals surface area contributed by atoms with Gasteiger partial charge in [-0.05, 0) is 29.6 Å². The number of methoxy groups -OCH3 is 1. The molecule has 1 aromatic carbocycles. The second kappa shape index (κ2) is 7.90. The lowest BCUT2D eigenvalue weighted by atomic mass is 10.2. The van der Waals surface area contributed by atoms with Gasteiger partial charge in [-0.1, -0.05) is 18.2 Å². The van der Waals surface area contributed by atoms with E-state index in [-0.39, 0.29) is 5.95 Å². The summed E-state index contributed by atoms with van der Waals surface area (Å²) in [5, 5.41) is 1.82. The smallest absolute Gasteiger partial charge is 0.433 e. The first kappa shape index (κ1) is 19.5. The van der Waals surface area contributed by atoms with Gasteiger partial charge in [-0.2, -0.15) is 13.2 Å². The summed E-state index contributed by atoms with van der Waals surface area (Å²) in [6.45, 7) is 2.30. The van der Waals surface area contributed by atoms with Gasteiger partial charge in [-0.3, -0.25) is 0 Å². The molecule has 3 heterocycles. The van der Waals surface area contributed by atoms with Crippen molar-refractivity contribution in [3.63, 3.8) is 0 Å². The number of hydrogen-bond donors (Lipinski definition) is 0. The third kappa shape index (κ3) is 4.14. The first-order valence-electron chi connectivity index (χ1n) is 9.09. The zero-order valence-corrected chi connectivity index (χ0v) is 16.5. The maximum absolute atomic E-state index is 13.4. The molecule has 0 saturated carbocycles. The molecule has 1 fully saturated rings. The molecule has 4 rings (SSSR count). The second-order valence-electron chi connectivity index (χ2n) is 6.56. The van der Waals surface area contributed by atoms with E-state index in [0.29, 0.717) is 36.8 Å². The van der Waals surface area contributed by atoms with E-state index >= 15 is 0 Å². The number of aromatic nitrogens is 2. The summed E-state index contributed by atoms with van der Waals surface area (Å²) in [5.41, 5.74) is 0.349. The van der Waals surface area contributed by atoms with E-state index in [1.54, 1.807) is 24.1 Å². The van der Waals surface area contributed by atoms with Gasteiger partial charge in [0.05, 0.1) is 23.4 Å². The first-order valence-corrected chi connectivity index (χ1v) is 9.97. The van der Waals surface area contributed by atoms with Crippen LogP contribution in [0, 0.1) is 0 Å². The molecular weight excluding hydrogens is 401 g/mol. The third-order valence-corrected chi connectivity index (χ3v) is 5.66. The number of anilines is 2. The number of rotatable bonds is 4. The van der Waals surface area contributed by atoms with Crippen LogP contribution >= 0.6 is 11.3 Å². The van der Waals surface area contributed by atoms with Crippen LogP contribution in [0.2, 0.25) is 0 Å². The Labute approximate surface area is 170 Å². The highest BCUT2D eigenvalue weighted by Gasteiger charge is 2.35. The molecule has 3 aromatic rings. The average Bonchev–Trinajstić information content (AvgIpc) is 3.28. The Balaban J connectivity index is 1.59. The van der Waals surface area contributed by atoms with Crippen molar-refractivity contribution < 1.29 is 17.9 Å². The number of thiophene rings is 1. The van der Waals surface area contributed by atoms with Crippen molar-refractivity contribution in [2.24, 2.45) is 0 Å².